The number of amides is 2. The van der Waals surface area contributed by atoms with E-state index < -0.39 is 33.9 Å². The van der Waals surface area contributed by atoms with Gasteiger partial charge in [-0.1, -0.05) is 38.2 Å². The molecule has 1 aliphatic carbocycles. The van der Waals surface area contributed by atoms with E-state index in [0.29, 0.717) is 25.2 Å². The quantitative estimate of drug-likeness (QED) is 0.530. The van der Waals surface area contributed by atoms with Crippen LogP contribution in [0.5, 0.6) is 0 Å². The first kappa shape index (κ1) is 26.4. The summed E-state index contributed by atoms with van der Waals surface area (Å²) < 4.78 is 27.0. The molecule has 2 amide bonds. The Hall–Kier alpha value is -2.70. The van der Waals surface area contributed by atoms with Crippen molar-refractivity contribution in [2.24, 2.45) is 5.92 Å². The number of thiazole rings is 1. The summed E-state index contributed by atoms with van der Waals surface area (Å²) in [5, 5.41) is 7.47. The van der Waals surface area contributed by atoms with Crippen molar-refractivity contribution in [2.75, 3.05) is 13.1 Å². The predicted molar refractivity (Wildman–Crippen MR) is 134 cm³/mol. The van der Waals surface area contributed by atoms with E-state index in [1.54, 1.807) is 17.5 Å². The van der Waals surface area contributed by atoms with Gasteiger partial charge in [0.15, 0.2) is 15.8 Å². The Labute approximate surface area is 215 Å². The SMILES string of the molecule is O=C(N[C@@H](CC1CCCCC1)C(=O)N[C@H]1CCCN(S(=O)(=O)c2ccccn2)CC1=O)c1nccs1. The van der Waals surface area contributed by atoms with Gasteiger partial charge in [0.2, 0.25) is 5.91 Å². The van der Waals surface area contributed by atoms with Gasteiger partial charge in [-0.15, -0.1) is 11.3 Å². The highest BCUT2D eigenvalue weighted by Crippen LogP contribution is 2.28. The highest BCUT2D eigenvalue weighted by atomic mass is 32.2. The summed E-state index contributed by atoms with van der Waals surface area (Å²) in [6, 6.07) is 2.97. The zero-order chi connectivity index (χ0) is 25.5. The van der Waals surface area contributed by atoms with Crippen LogP contribution in [0.3, 0.4) is 0 Å². The maximum atomic E-state index is 13.3. The number of hydrogen-bond acceptors (Lipinski definition) is 8. The summed E-state index contributed by atoms with van der Waals surface area (Å²) in [7, 11) is -3.92. The van der Waals surface area contributed by atoms with Gasteiger partial charge in [-0.3, -0.25) is 14.4 Å². The first-order chi connectivity index (χ1) is 17.3. The van der Waals surface area contributed by atoms with E-state index in [-0.39, 0.29) is 28.9 Å². The van der Waals surface area contributed by atoms with Crippen molar-refractivity contribution in [1.29, 1.82) is 0 Å². The lowest BCUT2D eigenvalue weighted by molar-refractivity contribution is -0.129. The van der Waals surface area contributed by atoms with Gasteiger partial charge in [0.25, 0.3) is 15.9 Å². The molecule has 0 unspecified atom stereocenters. The number of nitrogens with zero attached hydrogens (tertiary/aromatic N) is 3. The first-order valence-electron chi connectivity index (χ1n) is 12.3. The van der Waals surface area contributed by atoms with Crippen LogP contribution >= 0.6 is 11.3 Å². The molecule has 2 fully saturated rings. The first-order valence-corrected chi connectivity index (χ1v) is 14.6. The lowest BCUT2D eigenvalue weighted by atomic mass is 9.84. The Bertz CT molecular complexity index is 1150. The third kappa shape index (κ3) is 6.54. The number of sulfonamides is 1. The van der Waals surface area contributed by atoms with Crippen LogP contribution in [0, 0.1) is 5.92 Å². The van der Waals surface area contributed by atoms with Crippen molar-refractivity contribution in [2.45, 2.75) is 68.5 Å². The second-order valence-electron chi connectivity index (χ2n) is 9.28. The van der Waals surface area contributed by atoms with E-state index in [0.717, 1.165) is 30.0 Å². The van der Waals surface area contributed by atoms with Crippen LogP contribution in [-0.2, 0) is 19.6 Å². The van der Waals surface area contributed by atoms with Crippen LogP contribution in [0.4, 0.5) is 0 Å². The molecule has 1 saturated heterocycles. The minimum absolute atomic E-state index is 0.113. The van der Waals surface area contributed by atoms with Crippen molar-refractivity contribution >= 4 is 39.0 Å². The minimum Gasteiger partial charge on any atom is -0.344 e. The van der Waals surface area contributed by atoms with Crippen LogP contribution in [0.15, 0.2) is 41.0 Å². The molecule has 0 bridgehead atoms. The number of ketones is 1. The van der Waals surface area contributed by atoms with Gasteiger partial charge in [0.05, 0.1) is 12.6 Å². The molecule has 4 rings (SSSR count). The molecular formula is C24H31N5O5S2. The van der Waals surface area contributed by atoms with E-state index >= 15 is 0 Å². The molecule has 3 heterocycles. The molecule has 1 saturated carbocycles. The summed E-state index contributed by atoms with van der Waals surface area (Å²) in [5.74, 6) is -0.913. The van der Waals surface area contributed by atoms with Gasteiger partial charge < -0.3 is 10.6 Å². The maximum absolute atomic E-state index is 13.3. The highest BCUT2D eigenvalue weighted by molar-refractivity contribution is 7.89. The second kappa shape index (κ2) is 12.0. The summed E-state index contributed by atoms with van der Waals surface area (Å²) >= 11 is 1.19. The van der Waals surface area contributed by atoms with Crippen molar-refractivity contribution in [1.82, 2.24) is 24.9 Å². The van der Waals surface area contributed by atoms with Crippen molar-refractivity contribution in [3.63, 3.8) is 0 Å². The molecule has 2 N–H and O–H groups in total. The van der Waals surface area contributed by atoms with Crippen molar-refractivity contribution < 1.29 is 22.8 Å². The Balaban J connectivity index is 1.43. The molecule has 10 nitrogen and oxygen atoms in total. The molecule has 0 spiro atoms. The zero-order valence-corrected chi connectivity index (χ0v) is 21.6. The van der Waals surface area contributed by atoms with Crippen LogP contribution in [0.25, 0.3) is 0 Å². The number of pyridine rings is 1. The topological polar surface area (TPSA) is 138 Å². The van der Waals surface area contributed by atoms with Crippen LogP contribution in [-0.4, -0.2) is 65.5 Å². The number of hydrogen-bond donors (Lipinski definition) is 2. The Kier molecular flexibility index (Phi) is 8.81. The van der Waals surface area contributed by atoms with E-state index in [9.17, 15) is 22.8 Å². The van der Waals surface area contributed by atoms with Crippen LogP contribution in [0.2, 0.25) is 0 Å². The number of nitrogens with one attached hydrogen (secondary N) is 2. The fraction of sp³-hybridized carbons (Fsp3) is 0.542. The normalized spacial score (nSPS) is 20.9. The molecule has 194 valence electrons. The summed E-state index contributed by atoms with van der Waals surface area (Å²) in [6.45, 7) is -0.189. The second-order valence-corrected chi connectivity index (χ2v) is 12.1. The van der Waals surface area contributed by atoms with E-state index in [4.69, 9.17) is 0 Å². The summed E-state index contributed by atoms with van der Waals surface area (Å²) in [6.07, 6.45) is 9.50. The van der Waals surface area contributed by atoms with E-state index in [1.165, 1.54) is 36.2 Å². The number of Topliss-reactive ketones (excluding diaryl/α,β-unsaturated/α-hetero) is 1. The number of carbonyl (C=O) groups is 3. The Morgan fingerprint density at radius 2 is 1.89 bits per heavy atom. The molecular weight excluding hydrogens is 502 g/mol. The van der Waals surface area contributed by atoms with Gasteiger partial charge in [0, 0.05) is 24.3 Å². The Morgan fingerprint density at radius 3 is 2.58 bits per heavy atom. The monoisotopic (exact) mass is 533 g/mol. The summed E-state index contributed by atoms with van der Waals surface area (Å²) in [5.41, 5.74) is 0. The molecule has 1 aliphatic heterocycles. The molecule has 36 heavy (non-hydrogen) atoms. The number of rotatable bonds is 8. The van der Waals surface area contributed by atoms with Crippen molar-refractivity contribution in [3.8, 4) is 0 Å². The molecule has 12 heteroatoms. The minimum atomic E-state index is -3.92. The summed E-state index contributed by atoms with van der Waals surface area (Å²) in [4.78, 5) is 47.0. The lowest BCUT2D eigenvalue weighted by Gasteiger charge is -2.27. The molecule has 2 aliphatic rings. The van der Waals surface area contributed by atoms with Gasteiger partial charge >= 0.3 is 0 Å². The molecule has 2 atom stereocenters. The Morgan fingerprint density at radius 1 is 1.08 bits per heavy atom. The largest absolute Gasteiger partial charge is 0.344 e. The maximum Gasteiger partial charge on any atom is 0.280 e. The van der Waals surface area contributed by atoms with Gasteiger partial charge in [-0.2, -0.15) is 4.31 Å². The van der Waals surface area contributed by atoms with E-state index in [2.05, 4.69) is 20.6 Å². The molecule has 0 aromatic carbocycles. The standard InChI is InChI=1S/C24H31N5O5S2/c30-20-16-29(36(33,34)21-10-4-5-11-25-21)13-6-9-18(20)27-22(31)19(15-17-7-2-1-3-8-17)28-23(32)24-26-12-14-35-24/h4-5,10-12,14,17-19H,1-3,6-9,13,15-16H2,(H,27,31)(H,28,32)/t18-,19-/m0/s1. The van der Waals surface area contributed by atoms with Gasteiger partial charge in [-0.05, 0) is 37.3 Å². The predicted octanol–water partition coefficient (Wildman–Crippen LogP) is 2.15. The molecule has 0 radical (unpaired) electrons. The lowest BCUT2D eigenvalue weighted by Crippen LogP contribution is -2.53. The third-order valence-corrected chi connectivity index (χ3v) is 9.26. The van der Waals surface area contributed by atoms with Gasteiger partial charge in [0.1, 0.15) is 6.04 Å². The smallest absolute Gasteiger partial charge is 0.280 e. The third-order valence-electron chi connectivity index (χ3n) is 6.72. The van der Waals surface area contributed by atoms with Crippen molar-refractivity contribution in [3.05, 3.63) is 41.0 Å². The highest BCUT2D eigenvalue weighted by Gasteiger charge is 2.35. The van der Waals surface area contributed by atoms with Crippen LogP contribution < -0.4 is 10.6 Å². The fourth-order valence-corrected chi connectivity index (χ4v) is 6.72. The zero-order valence-electron chi connectivity index (χ0n) is 20.0. The average Bonchev–Trinajstić information content (AvgIpc) is 3.36. The molecule has 2 aromatic rings. The number of carbonyl (C=O) groups excluding carboxylic acids is 3. The average molecular weight is 534 g/mol. The number of aromatic nitrogens is 2. The van der Waals surface area contributed by atoms with E-state index in [1.807, 2.05) is 0 Å². The fourth-order valence-electron chi connectivity index (χ4n) is 4.80. The van der Waals surface area contributed by atoms with Gasteiger partial charge in [-0.25, -0.2) is 18.4 Å². The molecule has 2 aromatic heterocycles. The van der Waals surface area contributed by atoms with Crippen LogP contribution in [0.1, 0.15) is 61.2 Å².